The standard InChI is InChI=1S/C5H12N4O/c1-4(2)9-5(10)8(3)6-7-9/h4,6-7H,1-3H3. The van der Waals surface area contributed by atoms with Crippen LogP contribution < -0.4 is 11.1 Å². The summed E-state index contributed by atoms with van der Waals surface area (Å²) in [5.74, 6) is 0. The monoisotopic (exact) mass is 144 g/mol. The Hall–Kier alpha value is -0.810. The second-order valence-corrected chi connectivity index (χ2v) is 2.53. The highest BCUT2D eigenvalue weighted by molar-refractivity contribution is 5.74. The van der Waals surface area contributed by atoms with Gasteiger partial charge >= 0.3 is 6.03 Å². The summed E-state index contributed by atoms with van der Waals surface area (Å²) >= 11 is 0. The number of rotatable bonds is 1. The van der Waals surface area contributed by atoms with Crippen LogP contribution in [0, 0.1) is 0 Å². The highest BCUT2D eigenvalue weighted by Crippen LogP contribution is 2.00. The number of urea groups is 1. The fraction of sp³-hybridized carbons (Fsp3) is 0.800. The molecule has 0 aromatic heterocycles. The molecule has 2 amide bonds. The van der Waals surface area contributed by atoms with Crippen molar-refractivity contribution < 1.29 is 4.79 Å². The molecule has 0 aromatic rings. The first-order valence-corrected chi connectivity index (χ1v) is 3.21. The molecule has 1 aliphatic heterocycles. The van der Waals surface area contributed by atoms with Crippen LogP contribution in [0.4, 0.5) is 4.79 Å². The highest BCUT2D eigenvalue weighted by atomic mass is 16.2. The lowest BCUT2D eigenvalue weighted by Crippen LogP contribution is -2.42. The SMILES string of the molecule is CC(C)N1NNN(C)C1=O. The first-order chi connectivity index (χ1) is 4.63. The van der Waals surface area contributed by atoms with Crippen LogP contribution in [-0.2, 0) is 0 Å². The van der Waals surface area contributed by atoms with E-state index in [1.807, 2.05) is 13.8 Å². The minimum Gasteiger partial charge on any atom is -0.246 e. The molecule has 0 radical (unpaired) electrons. The van der Waals surface area contributed by atoms with Gasteiger partial charge in [0.05, 0.1) is 0 Å². The maximum Gasteiger partial charge on any atom is 0.350 e. The van der Waals surface area contributed by atoms with Crippen molar-refractivity contribution in [3.05, 3.63) is 0 Å². The molecule has 0 spiro atoms. The third-order valence-corrected chi connectivity index (χ3v) is 1.35. The number of carbonyl (C=O) groups is 1. The van der Waals surface area contributed by atoms with E-state index in [1.54, 1.807) is 7.05 Å². The Morgan fingerprint density at radius 3 is 2.20 bits per heavy atom. The van der Waals surface area contributed by atoms with Crippen molar-refractivity contribution >= 4 is 6.03 Å². The Morgan fingerprint density at radius 1 is 1.40 bits per heavy atom. The minimum atomic E-state index is -0.0602. The van der Waals surface area contributed by atoms with Crippen molar-refractivity contribution in [1.29, 1.82) is 0 Å². The van der Waals surface area contributed by atoms with Gasteiger partial charge in [-0.05, 0) is 13.8 Å². The van der Waals surface area contributed by atoms with Gasteiger partial charge in [-0.3, -0.25) is 0 Å². The smallest absolute Gasteiger partial charge is 0.246 e. The molecule has 0 atom stereocenters. The molecule has 0 aromatic carbocycles. The predicted molar refractivity (Wildman–Crippen MR) is 36.4 cm³/mol. The van der Waals surface area contributed by atoms with Gasteiger partial charge in [-0.25, -0.2) is 14.8 Å². The lowest BCUT2D eigenvalue weighted by molar-refractivity contribution is 0.173. The summed E-state index contributed by atoms with van der Waals surface area (Å²) in [5.41, 5.74) is 5.38. The molecule has 0 unspecified atom stereocenters. The zero-order chi connectivity index (χ0) is 7.72. The van der Waals surface area contributed by atoms with E-state index in [0.29, 0.717) is 0 Å². The van der Waals surface area contributed by atoms with Crippen LogP contribution in [0.2, 0.25) is 0 Å². The van der Waals surface area contributed by atoms with E-state index in [1.165, 1.54) is 10.0 Å². The molecule has 1 heterocycles. The first kappa shape index (κ1) is 7.30. The summed E-state index contributed by atoms with van der Waals surface area (Å²) in [6, 6.07) is 0.111. The van der Waals surface area contributed by atoms with E-state index in [4.69, 9.17) is 0 Å². The Balaban J connectivity index is 2.57. The van der Waals surface area contributed by atoms with Gasteiger partial charge in [-0.2, -0.15) is 0 Å². The molecule has 1 fully saturated rings. The van der Waals surface area contributed by atoms with Crippen LogP contribution >= 0.6 is 0 Å². The van der Waals surface area contributed by atoms with E-state index in [9.17, 15) is 4.79 Å². The quantitative estimate of drug-likeness (QED) is 0.530. The molecular formula is C5H12N4O. The van der Waals surface area contributed by atoms with E-state index < -0.39 is 0 Å². The van der Waals surface area contributed by atoms with Crippen LogP contribution in [0.5, 0.6) is 0 Å². The molecular weight excluding hydrogens is 132 g/mol. The normalized spacial score (nSPS) is 19.4. The van der Waals surface area contributed by atoms with Crippen LogP contribution in [0.25, 0.3) is 0 Å². The molecule has 1 aliphatic rings. The fourth-order valence-electron chi connectivity index (χ4n) is 0.736. The van der Waals surface area contributed by atoms with E-state index in [2.05, 4.69) is 11.1 Å². The van der Waals surface area contributed by atoms with Crippen molar-refractivity contribution in [2.45, 2.75) is 19.9 Å². The Kier molecular flexibility index (Phi) is 1.78. The largest absolute Gasteiger partial charge is 0.350 e. The van der Waals surface area contributed by atoms with Crippen LogP contribution in [-0.4, -0.2) is 29.1 Å². The summed E-state index contributed by atoms with van der Waals surface area (Å²) in [7, 11) is 1.66. The Labute approximate surface area is 59.9 Å². The zero-order valence-electron chi connectivity index (χ0n) is 6.38. The Morgan fingerprint density at radius 2 is 2.00 bits per heavy atom. The Bertz CT molecular complexity index is 147. The molecule has 0 aliphatic carbocycles. The van der Waals surface area contributed by atoms with Crippen molar-refractivity contribution in [1.82, 2.24) is 21.1 Å². The van der Waals surface area contributed by atoms with Gasteiger partial charge in [0.15, 0.2) is 0 Å². The van der Waals surface area contributed by atoms with Gasteiger partial charge in [0, 0.05) is 13.1 Å². The second-order valence-electron chi connectivity index (χ2n) is 2.53. The van der Waals surface area contributed by atoms with E-state index >= 15 is 0 Å². The van der Waals surface area contributed by atoms with E-state index in [-0.39, 0.29) is 12.1 Å². The van der Waals surface area contributed by atoms with E-state index in [0.717, 1.165) is 0 Å². The number of hydrogen-bond acceptors (Lipinski definition) is 3. The van der Waals surface area contributed by atoms with Crippen molar-refractivity contribution in [2.75, 3.05) is 7.05 Å². The molecule has 1 rings (SSSR count). The fourth-order valence-corrected chi connectivity index (χ4v) is 0.736. The third-order valence-electron chi connectivity index (χ3n) is 1.35. The average molecular weight is 144 g/mol. The molecule has 10 heavy (non-hydrogen) atoms. The molecule has 0 bridgehead atoms. The number of amides is 2. The third kappa shape index (κ3) is 1.05. The van der Waals surface area contributed by atoms with Gasteiger partial charge in [-0.1, -0.05) is 0 Å². The van der Waals surface area contributed by atoms with Crippen LogP contribution in [0.1, 0.15) is 13.8 Å². The lowest BCUT2D eigenvalue weighted by Gasteiger charge is -2.16. The molecule has 0 saturated carbocycles. The van der Waals surface area contributed by atoms with Crippen molar-refractivity contribution in [3.63, 3.8) is 0 Å². The molecule has 5 nitrogen and oxygen atoms in total. The van der Waals surface area contributed by atoms with Crippen LogP contribution in [0.3, 0.4) is 0 Å². The molecule has 5 heteroatoms. The summed E-state index contributed by atoms with van der Waals surface area (Å²) in [6.45, 7) is 3.87. The summed E-state index contributed by atoms with van der Waals surface area (Å²) in [6.07, 6.45) is 0. The predicted octanol–water partition coefficient (Wildman–Crippen LogP) is -0.314. The first-order valence-electron chi connectivity index (χ1n) is 3.21. The number of nitrogens with one attached hydrogen (secondary N) is 2. The number of hydrazine groups is 3. The number of nitrogens with zero attached hydrogens (tertiary/aromatic N) is 2. The number of hydrogen-bond donors (Lipinski definition) is 2. The van der Waals surface area contributed by atoms with Gasteiger partial charge in [-0.15, -0.1) is 11.1 Å². The zero-order valence-corrected chi connectivity index (χ0v) is 6.38. The van der Waals surface area contributed by atoms with Gasteiger partial charge in [0.1, 0.15) is 0 Å². The van der Waals surface area contributed by atoms with Crippen molar-refractivity contribution in [3.8, 4) is 0 Å². The second kappa shape index (κ2) is 2.43. The summed E-state index contributed by atoms with van der Waals surface area (Å²) < 4.78 is 0. The maximum atomic E-state index is 11.1. The van der Waals surface area contributed by atoms with Gasteiger partial charge in [0.2, 0.25) is 0 Å². The minimum absolute atomic E-state index is 0.0602. The van der Waals surface area contributed by atoms with Crippen molar-refractivity contribution in [2.24, 2.45) is 0 Å². The molecule has 1 saturated heterocycles. The lowest BCUT2D eigenvalue weighted by atomic mass is 10.4. The average Bonchev–Trinajstić information content (AvgIpc) is 2.14. The highest BCUT2D eigenvalue weighted by Gasteiger charge is 2.26. The van der Waals surface area contributed by atoms with Crippen LogP contribution in [0.15, 0.2) is 0 Å². The molecule has 2 N–H and O–H groups in total. The summed E-state index contributed by atoms with van der Waals surface area (Å²) in [5, 5.41) is 2.90. The molecule has 58 valence electrons. The van der Waals surface area contributed by atoms with Gasteiger partial charge < -0.3 is 0 Å². The number of carbonyl (C=O) groups excluding carboxylic acids is 1. The van der Waals surface area contributed by atoms with Gasteiger partial charge in [0.25, 0.3) is 0 Å². The maximum absolute atomic E-state index is 11.1. The topological polar surface area (TPSA) is 47.6 Å². The summed E-state index contributed by atoms with van der Waals surface area (Å²) in [4.78, 5) is 11.1.